The average Bonchev–Trinajstić information content (AvgIpc) is 2.79. The molecule has 1 aliphatic rings. The van der Waals surface area contributed by atoms with E-state index in [0.717, 1.165) is 11.5 Å². The largest absolute Gasteiger partial charge is 0.324 e. The summed E-state index contributed by atoms with van der Waals surface area (Å²) in [4.78, 5) is 26.5. The molecule has 1 atom stereocenters. The molecule has 3 rings (SSSR count). The summed E-state index contributed by atoms with van der Waals surface area (Å²) in [5.74, 6) is 0.894. The van der Waals surface area contributed by atoms with Crippen molar-refractivity contribution in [1.29, 1.82) is 0 Å². The van der Waals surface area contributed by atoms with Gasteiger partial charge in [0, 0.05) is 19.5 Å². The highest BCUT2D eigenvalue weighted by Crippen LogP contribution is 2.32. The molecule has 1 aromatic carbocycles. The molecule has 0 aliphatic carbocycles. The van der Waals surface area contributed by atoms with Gasteiger partial charge in [-0.25, -0.2) is 0 Å². The lowest BCUT2D eigenvalue weighted by Crippen LogP contribution is -2.40. The Kier molecular flexibility index (Phi) is 4.57. The zero-order valence-corrected chi connectivity index (χ0v) is 14.6. The van der Waals surface area contributed by atoms with Gasteiger partial charge in [0.15, 0.2) is 5.16 Å². The maximum atomic E-state index is 12.8. The number of aryl methyl sites for hydroxylation is 1. The summed E-state index contributed by atoms with van der Waals surface area (Å²) in [5, 5.41) is 11.6. The molecule has 1 aromatic heterocycles. The molecule has 0 unspecified atom stereocenters. The summed E-state index contributed by atoms with van der Waals surface area (Å²) < 4.78 is 1.85. The lowest BCUT2D eigenvalue weighted by Gasteiger charge is -2.27. The molecule has 2 heterocycles. The summed E-state index contributed by atoms with van der Waals surface area (Å²) >= 11 is 1.35. The van der Waals surface area contributed by atoms with Crippen LogP contribution in [-0.4, -0.2) is 38.4 Å². The summed E-state index contributed by atoms with van der Waals surface area (Å²) in [6, 6.07) is 7.16. The van der Waals surface area contributed by atoms with Gasteiger partial charge in [0.1, 0.15) is 5.82 Å². The lowest BCUT2D eigenvalue weighted by atomic mass is 10.2. The predicted molar refractivity (Wildman–Crippen MR) is 93.1 cm³/mol. The van der Waals surface area contributed by atoms with Crippen molar-refractivity contribution in [2.75, 3.05) is 16.0 Å². The van der Waals surface area contributed by atoms with Crippen LogP contribution < -0.4 is 10.2 Å². The topological polar surface area (TPSA) is 80.1 Å². The van der Waals surface area contributed by atoms with E-state index in [-0.39, 0.29) is 30.0 Å². The number of rotatable bonds is 3. The molecular formula is C16H19N5O2S. The second-order valence-electron chi connectivity index (χ2n) is 5.76. The number of thioether (sulfide) groups is 1. The molecular weight excluding hydrogens is 326 g/mol. The van der Waals surface area contributed by atoms with Crippen molar-refractivity contribution in [3.8, 4) is 0 Å². The number of carbonyl (C=O) groups is 2. The van der Waals surface area contributed by atoms with Crippen molar-refractivity contribution in [3.05, 3.63) is 30.1 Å². The van der Waals surface area contributed by atoms with Gasteiger partial charge in [0.05, 0.1) is 17.1 Å². The number of nitrogens with one attached hydrogen (secondary N) is 1. The van der Waals surface area contributed by atoms with E-state index in [1.54, 1.807) is 4.90 Å². The smallest absolute Gasteiger partial charge is 0.237 e. The lowest BCUT2D eigenvalue weighted by molar-refractivity contribution is -0.117. The molecule has 1 N–H and O–H groups in total. The molecule has 1 aliphatic heterocycles. The fourth-order valence-corrected chi connectivity index (χ4v) is 3.49. The Morgan fingerprint density at radius 1 is 1.38 bits per heavy atom. The van der Waals surface area contributed by atoms with E-state index in [1.165, 1.54) is 11.8 Å². The Labute approximate surface area is 144 Å². The molecule has 0 fully saturated rings. The fraction of sp³-hybridized carbons (Fsp3) is 0.375. The van der Waals surface area contributed by atoms with Crippen LogP contribution in [0, 0.1) is 6.92 Å². The zero-order chi connectivity index (χ0) is 17.3. The van der Waals surface area contributed by atoms with E-state index in [0.29, 0.717) is 10.8 Å². The van der Waals surface area contributed by atoms with Gasteiger partial charge in [-0.15, -0.1) is 10.2 Å². The Balaban J connectivity index is 1.82. The van der Waals surface area contributed by atoms with Crippen LogP contribution in [0.3, 0.4) is 0 Å². The Morgan fingerprint density at radius 3 is 2.83 bits per heavy atom. The highest BCUT2D eigenvalue weighted by molar-refractivity contribution is 7.99. The van der Waals surface area contributed by atoms with Crippen molar-refractivity contribution in [2.45, 2.75) is 31.5 Å². The normalized spacial score (nSPS) is 17.2. The van der Waals surface area contributed by atoms with E-state index < -0.39 is 0 Å². The van der Waals surface area contributed by atoms with Crippen molar-refractivity contribution < 1.29 is 9.59 Å². The fourth-order valence-electron chi connectivity index (χ4n) is 2.68. The average molecular weight is 345 g/mol. The molecule has 24 heavy (non-hydrogen) atoms. The highest BCUT2D eigenvalue weighted by atomic mass is 32.2. The van der Waals surface area contributed by atoms with Gasteiger partial charge in [0.2, 0.25) is 11.8 Å². The molecule has 126 valence electrons. The van der Waals surface area contributed by atoms with Crippen LogP contribution in [0.25, 0.3) is 0 Å². The van der Waals surface area contributed by atoms with Gasteiger partial charge in [-0.1, -0.05) is 23.9 Å². The Bertz CT molecular complexity index is 789. The number of hydrogen-bond donors (Lipinski definition) is 1. The van der Waals surface area contributed by atoms with Crippen molar-refractivity contribution in [1.82, 2.24) is 14.8 Å². The highest BCUT2D eigenvalue weighted by Gasteiger charge is 2.29. The summed E-state index contributed by atoms with van der Waals surface area (Å²) in [5.41, 5.74) is 1.40. The molecule has 8 heteroatoms. The quantitative estimate of drug-likeness (QED) is 0.861. The minimum Gasteiger partial charge on any atom is -0.324 e. The molecule has 2 amide bonds. The van der Waals surface area contributed by atoms with Crippen LogP contribution in [0.4, 0.5) is 11.4 Å². The van der Waals surface area contributed by atoms with Crippen molar-refractivity contribution >= 4 is 35.0 Å². The molecule has 0 saturated carbocycles. The minimum absolute atomic E-state index is 0.0582. The predicted octanol–water partition coefficient (Wildman–Crippen LogP) is 1.98. The molecule has 0 spiro atoms. The third kappa shape index (κ3) is 3.14. The first-order valence-corrected chi connectivity index (χ1v) is 8.65. The van der Waals surface area contributed by atoms with Crippen LogP contribution in [0.15, 0.2) is 29.4 Å². The molecule has 0 saturated heterocycles. The Hall–Kier alpha value is -2.35. The number of amides is 2. The van der Waals surface area contributed by atoms with Gasteiger partial charge >= 0.3 is 0 Å². The van der Waals surface area contributed by atoms with Gasteiger partial charge in [0.25, 0.3) is 0 Å². The van der Waals surface area contributed by atoms with Gasteiger partial charge in [-0.3, -0.25) is 9.59 Å². The minimum atomic E-state index is -0.206. The number of hydrogen-bond acceptors (Lipinski definition) is 5. The number of nitrogens with zero attached hydrogens (tertiary/aromatic N) is 4. The van der Waals surface area contributed by atoms with Crippen LogP contribution >= 0.6 is 11.8 Å². The third-order valence-electron chi connectivity index (χ3n) is 4.01. The van der Waals surface area contributed by atoms with Gasteiger partial charge in [-0.2, -0.15) is 0 Å². The monoisotopic (exact) mass is 345 g/mol. The molecule has 0 radical (unpaired) electrons. The first-order chi connectivity index (χ1) is 11.5. The summed E-state index contributed by atoms with van der Waals surface area (Å²) in [7, 11) is 1.87. The van der Waals surface area contributed by atoms with Crippen LogP contribution in [0.2, 0.25) is 0 Å². The number of benzene rings is 1. The van der Waals surface area contributed by atoms with E-state index in [1.807, 2.05) is 49.7 Å². The first kappa shape index (κ1) is 16.5. The SMILES string of the molecule is Cc1nnc(SCC(=O)N2c3ccccc3NC(=O)C[C@@H]2C)n1C. The molecule has 7 nitrogen and oxygen atoms in total. The maximum Gasteiger partial charge on any atom is 0.237 e. The van der Waals surface area contributed by atoms with Crippen LogP contribution in [0.1, 0.15) is 19.2 Å². The van der Waals surface area contributed by atoms with Crippen molar-refractivity contribution in [3.63, 3.8) is 0 Å². The number of fused-ring (bicyclic) bond motifs is 1. The van der Waals surface area contributed by atoms with Crippen molar-refractivity contribution in [2.24, 2.45) is 7.05 Å². The third-order valence-corrected chi connectivity index (χ3v) is 5.01. The van der Waals surface area contributed by atoms with Crippen LogP contribution in [0.5, 0.6) is 0 Å². The summed E-state index contributed by atoms with van der Waals surface area (Å²) in [6.45, 7) is 3.75. The standard InChI is InChI=1S/C16H19N5O2S/c1-10-8-14(22)17-12-6-4-5-7-13(12)21(10)15(23)9-24-16-19-18-11(2)20(16)3/h4-7,10H,8-9H2,1-3H3,(H,17,22)/t10-/m0/s1. The molecule has 2 aromatic rings. The second kappa shape index (κ2) is 6.64. The first-order valence-electron chi connectivity index (χ1n) is 7.67. The van der Waals surface area contributed by atoms with E-state index in [4.69, 9.17) is 0 Å². The van der Waals surface area contributed by atoms with Gasteiger partial charge < -0.3 is 14.8 Å². The Morgan fingerprint density at radius 2 is 2.12 bits per heavy atom. The number of para-hydroxylation sites is 2. The summed E-state index contributed by atoms with van der Waals surface area (Å²) in [6.07, 6.45) is 0.272. The number of carbonyl (C=O) groups excluding carboxylic acids is 2. The number of aromatic nitrogens is 3. The zero-order valence-electron chi connectivity index (χ0n) is 13.8. The second-order valence-corrected chi connectivity index (χ2v) is 6.70. The maximum absolute atomic E-state index is 12.8. The van der Waals surface area contributed by atoms with E-state index in [9.17, 15) is 9.59 Å². The molecule has 0 bridgehead atoms. The van der Waals surface area contributed by atoms with Crippen LogP contribution in [-0.2, 0) is 16.6 Å². The van der Waals surface area contributed by atoms with E-state index >= 15 is 0 Å². The number of anilines is 2. The van der Waals surface area contributed by atoms with Gasteiger partial charge in [-0.05, 0) is 26.0 Å². The van der Waals surface area contributed by atoms with E-state index in [2.05, 4.69) is 15.5 Å².